The van der Waals surface area contributed by atoms with Crippen molar-refractivity contribution in [1.82, 2.24) is 4.98 Å². The average Bonchev–Trinajstić information content (AvgIpc) is 2.92. The van der Waals surface area contributed by atoms with Gasteiger partial charge in [-0.2, -0.15) is 0 Å². The third-order valence-electron chi connectivity index (χ3n) is 4.75. The lowest BCUT2D eigenvalue weighted by Gasteiger charge is -2.10. The first-order chi connectivity index (χ1) is 13.2. The first-order valence-electron chi connectivity index (χ1n) is 9.08. The van der Waals surface area contributed by atoms with Crippen LogP contribution in [-0.4, -0.2) is 18.3 Å². The summed E-state index contributed by atoms with van der Waals surface area (Å²) in [5.74, 6) is 1.53. The summed E-state index contributed by atoms with van der Waals surface area (Å²) >= 11 is 0. The van der Waals surface area contributed by atoms with E-state index in [0.717, 1.165) is 58.8 Å². The first kappa shape index (κ1) is 17.3. The number of rotatable bonds is 3. The highest BCUT2D eigenvalue weighted by Gasteiger charge is 2.17. The molecule has 0 fully saturated rings. The number of aromatic nitrogens is 1. The van der Waals surface area contributed by atoms with Crippen LogP contribution in [-0.2, 0) is 4.74 Å². The minimum absolute atomic E-state index is 0.239. The van der Waals surface area contributed by atoms with Crippen LogP contribution in [0, 0.1) is 5.82 Å². The number of hydrogen-bond donors (Lipinski definition) is 1. The molecule has 0 spiro atoms. The van der Waals surface area contributed by atoms with Gasteiger partial charge in [-0.1, -0.05) is 24.3 Å². The van der Waals surface area contributed by atoms with Gasteiger partial charge in [-0.3, -0.25) is 0 Å². The molecule has 1 N–H and O–H groups in total. The largest absolute Gasteiger partial charge is 0.501 e. The zero-order valence-corrected chi connectivity index (χ0v) is 15.2. The van der Waals surface area contributed by atoms with Gasteiger partial charge in [0.15, 0.2) is 0 Å². The Balaban J connectivity index is 1.79. The van der Waals surface area contributed by atoms with E-state index >= 15 is 0 Å². The Morgan fingerprint density at radius 1 is 1.11 bits per heavy atom. The highest BCUT2D eigenvalue weighted by Crippen LogP contribution is 2.37. The number of fused-ring (bicyclic) bond motifs is 1. The summed E-state index contributed by atoms with van der Waals surface area (Å²) in [5, 5.41) is 0. The van der Waals surface area contributed by atoms with Gasteiger partial charge in [0.25, 0.3) is 0 Å². The van der Waals surface area contributed by atoms with Crippen LogP contribution in [0.1, 0.15) is 24.8 Å². The Hall–Kier alpha value is -3.14. The molecule has 136 valence electrons. The van der Waals surface area contributed by atoms with E-state index in [2.05, 4.69) is 40.3 Å². The topological polar surface area (TPSA) is 37.4 Å². The molecule has 2 aromatic rings. The number of benzene rings is 1. The van der Waals surface area contributed by atoms with Crippen molar-refractivity contribution in [3.05, 3.63) is 83.4 Å². The van der Waals surface area contributed by atoms with Gasteiger partial charge in [0.2, 0.25) is 0 Å². The van der Waals surface area contributed by atoms with Crippen molar-refractivity contribution in [2.75, 3.05) is 7.11 Å². The third-order valence-corrected chi connectivity index (χ3v) is 4.75. The summed E-state index contributed by atoms with van der Waals surface area (Å²) < 4.78 is 18.6. The van der Waals surface area contributed by atoms with Crippen LogP contribution < -0.4 is 0 Å². The molecule has 1 aliphatic carbocycles. The molecule has 0 amide bonds. The summed E-state index contributed by atoms with van der Waals surface area (Å²) in [4.78, 5) is 8.01. The van der Waals surface area contributed by atoms with Gasteiger partial charge in [0.05, 0.1) is 12.9 Å². The van der Waals surface area contributed by atoms with Gasteiger partial charge in [0, 0.05) is 23.9 Å². The predicted octanol–water partition coefficient (Wildman–Crippen LogP) is 6.12. The lowest BCUT2D eigenvalue weighted by atomic mass is 9.96. The molecule has 0 unspecified atom stereocenters. The van der Waals surface area contributed by atoms with Gasteiger partial charge in [0.1, 0.15) is 11.6 Å². The van der Waals surface area contributed by atoms with Crippen LogP contribution in [0.4, 0.5) is 10.2 Å². The molecule has 0 saturated carbocycles. The fourth-order valence-electron chi connectivity index (χ4n) is 3.32. The Kier molecular flexibility index (Phi) is 4.88. The molecule has 0 atom stereocenters. The SMILES string of the molecule is COC1=CC=C(C2=CCCC=Nc3[nH]c(-c4ccc(F)cc4)cc32)C=CC1. The third kappa shape index (κ3) is 3.70. The number of H-pyrrole nitrogens is 1. The van der Waals surface area contributed by atoms with E-state index < -0.39 is 0 Å². The van der Waals surface area contributed by atoms with Crippen molar-refractivity contribution in [3.63, 3.8) is 0 Å². The Labute approximate surface area is 158 Å². The molecule has 0 saturated heterocycles. The van der Waals surface area contributed by atoms with E-state index in [0.29, 0.717) is 0 Å². The second-order valence-corrected chi connectivity index (χ2v) is 6.52. The van der Waals surface area contributed by atoms with Crippen LogP contribution in [0.15, 0.2) is 77.0 Å². The predicted molar refractivity (Wildman–Crippen MR) is 108 cm³/mol. The Bertz CT molecular complexity index is 988. The Morgan fingerprint density at radius 3 is 2.78 bits per heavy atom. The lowest BCUT2D eigenvalue weighted by molar-refractivity contribution is 0.285. The van der Waals surface area contributed by atoms with Crippen molar-refractivity contribution in [2.45, 2.75) is 19.3 Å². The molecule has 2 aliphatic rings. The number of aromatic amines is 1. The molecule has 4 heteroatoms. The zero-order chi connectivity index (χ0) is 18.6. The Morgan fingerprint density at radius 2 is 1.96 bits per heavy atom. The minimum atomic E-state index is -0.239. The van der Waals surface area contributed by atoms with Crippen molar-refractivity contribution in [3.8, 4) is 11.3 Å². The number of ether oxygens (including phenoxy) is 1. The second-order valence-electron chi connectivity index (χ2n) is 6.52. The molecular weight excluding hydrogens is 339 g/mol. The monoisotopic (exact) mass is 360 g/mol. The number of halogens is 1. The highest BCUT2D eigenvalue weighted by atomic mass is 19.1. The van der Waals surface area contributed by atoms with E-state index in [1.54, 1.807) is 19.2 Å². The fourth-order valence-corrected chi connectivity index (χ4v) is 3.32. The van der Waals surface area contributed by atoms with Crippen molar-refractivity contribution in [2.24, 2.45) is 4.99 Å². The molecule has 0 radical (unpaired) electrons. The van der Waals surface area contributed by atoms with Crippen LogP contribution in [0.3, 0.4) is 0 Å². The van der Waals surface area contributed by atoms with Crippen molar-refractivity contribution in [1.29, 1.82) is 0 Å². The van der Waals surface area contributed by atoms with Crippen molar-refractivity contribution < 1.29 is 9.13 Å². The van der Waals surface area contributed by atoms with Gasteiger partial charge >= 0.3 is 0 Å². The summed E-state index contributed by atoms with van der Waals surface area (Å²) in [5.41, 5.74) is 5.19. The van der Waals surface area contributed by atoms with E-state index in [1.807, 2.05) is 12.3 Å². The molecule has 2 heterocycles. The smallest absolute Gasteiger partial charge is 0.137 e. The number of methoxy groups -OCH3 is 1. The maximum atomic E-state index is 13.3. The number of nitrogens with one attached hydrogen (secondary N) is 1. The summed E-state index contributed by atoms with van der Waals surface area (Å²) in [6.07, 6.45) is 15.2. The van der Waals surface area contributed by atoms with Crippen LogP contribution in [0.2, 0.25) is 0 Å². The number of aliphatic imine (C=N–C) groups is 1. The molecule has 0 bridgehead atoms. The van der Waals surface area contributed by atoms with Gasteiger partial charge in [-0.05, 0) is 66.0 Å². The average molecular weight is 360 g/mol. The van der Waals surface area contributed by atoms with Crippen LogP contribution in [0.25, 0.3) is 16.8 Å². The van der Waals surface area contributed by atoms with Gasteiger partial charge in [-0.25, -0.2) is 9.38 Å². The van der Waals surface area contributed by atoms with E-state index in [1.165, 1.54) is 12.1 Å². The highest BCUT2D eigenvalue weighted by molar-refractivity contribution is 5.90. The van der Waals surface area contributed by atoms with E-state index in [9.17, 15) is 4.39 Å². The normalized spacial score (nSPS) is 16.4. The fraction of sp³-hybridized carbons (Fsp3) is 0.174. The molecule has 4 rings (SSSR count). The summed E-state index contributed by atoms with van der Waals surface area (Å²) in [6.45, 7) is 0. The van der Waals surface area contributed by atoms with E-state index in [4.69, 9.17) is 4.74 Å². The lowest BCUT2D eigenvalue weighted by Crippen LogP contribution is -1.90. The number of nitrogens with zero attached hydrogens (tertiary/aromatic N) is 1. The molecule has 1 aliphatic heterocycles. The summed E-state index contributed by atoms with van der Waals surface area (Å²) in [6, 6.07) is 8.60. The van der Waals surface area contributed by atoms with Crippen molar-refractivity contribution >= 4 is 17.6 Å². The maximum absolute atomic E-state index is 13.3. The molecule has 3 nitrogen and oxygen atoms in total. The quantitative estimate of drug-likeness (QED) is 0.704. The summed E-state index contributed by atoms with van der Waals surface area (Å²) in [7, 11) is 1.70. The van der Waals surface area contributed by atoms with Crippen LogP contribution in [0.5, 0.6) is 0 Å². The van der Waals surface area contributed by atoms with Crippen LogP contribution >= 0.6 is 0 Å². The maximum Gasteiger partial charge on any atom is 0.137 e. The molecule has 27 heavy (non-hydrogen) atoms. The van der Waals surface area contributed by atoms with Gasteiger partial charge < -0.3 is 9.72 Å². The molecule has 1 aromatic carbocycles. The molecular formula is C23H21FN2O. The second kappa shape index (κ2) is 7.62. The number of allylic oxidation sites excluding steroid dienone is 7. The minimum Gasteiger partial charge on any atom is -0.501 e. The zero-order valence-electron chi connectivity index (χ0n) is 15.2. The standard InChI is InChI=1S/C23H21FN2O/c1-27-19-6-4-5-16(10-13-19)20-7-2-3-14-25-23-21(20)15-22(26-23)17-8-11-18(24)12-9-17/h4-5,7-15,26H,2-3,6H2,1H3. The van der Waals surface area contributed by atoms with Gasteiger partial charge in [-0.15, -0.1) is 0 Å². The van der Waals surface area contributed by atoms with E-state index in [-0.39, 0.29) is 5.82 Å². The first-order valence-corrected chi connectivity index (χ1v) is 9.08. The molecule has 1 aromatic heterocycles. The number of hydrogen-bond acceptors (Lipinski definition) is 2.